The van der Waals surface area contributed by atoms with Crippen molar-refractivity contribution >= 4 is 27.2 Å². The zero-order chi connectivity index (χ0) is 19.7. The maximum atomic E-state index is 12.8. The van der Waals surface area contributed by atoms with Gasteiger partial charge in [0.25, 0.3) is 5.91 Å². The third-order valence-electron chi connectivity index (χ3n) is 6.84. The molecule has 4 aliphatic heterocycles. The van der Waals surface area contributed by atoms with E-state index < -0.39 is 9.93 Å². The van der Waals surface area contributed by atoms with Gasteiger partial charge in [0, 0.05) is 61.6 Å². The number of nitrogens with zero attached hydrogens (tertiary/aromatic N) is 2. The summed E-state index contributed by atoms with van der Waals surface area (Å²) in [5.41, 5.74) is 8.37. The zero-order valence-electron chi connectivity index (χ0n) is 16.9. The Morgan fingerprint density at radius 1 is 1.14 bits per heavy atom. The average molecular weight is 407 g/mol. The number of amides is 1. The van der Waals surface area contributed by atoms with Crippen molar-refractivity contribution in [3.63, 3.8) is 0 Å². The minimum Gasteiger partial charge on any atom is -0.398 e. The fourth-order valence-electron chi connectivity index (χ4n) is 4.85. The van der Waals surface area contributed by atoms with Crippen LogP contribution in [0.15, 0.2) is 18.2 Å². The van der Waals surface area contributed by atoms with E-state index in [-0.39, 0.29) is 5.91 Å². The van der Waals surface area contributed by atoms with Gasteiger partial charge in [-0.1, -0.05) is 0 Å². The topological polar surface area (TPSA) is 78.7 Å². The first-order chi connectivity index (χ1) is 13.4. The van der Waals surface area contributed by atoms with E-state index in [1.165, 1.54) is 25.9 Å². The molecule has 28 heavy (non-hydrogen) atoms. The van der Waals surface area contributed by atoms with Gasteiger partial charge in [0.2, 0.25) is 0 Å². The molecule has 4 aliphatic rings. The van der Waals surface area contributed by atoms with Gasteiger partial charge in [-0.15, -0.1) is 9.93 Å². The Bertz CT molecular complexity index is 764. The lowest BCUT2D eigenvalue weighted by Crippen LogP contribution is -2.38. The molecule has 0 atom stereocenters. The number of fused-ring (bicyclic) bond motifs is 4. The minimum atomic E-state index is -1.91. The Balaban J connectivity index is 1.42. The van der Waals surface area contributed by atoms with Gasteiger partial charge in [-0.05, 0) is 56.1 Å². The van der Waals surface area contributed by atoms with Gasteiger partial charge in [0.1, 0.15) is 0 Å². The van der Waals surface area contributed by atoms with E-state index in [9.17, 15) is 9.00 Å². The third kappa shape index (κ3) is 4.35. The maximum absolute atomic E-state index is 12.8. The second-order valence-electron chi connectivity index (χ2n) is 8.94. The van der Waals surface area contributed by atoms with Crippen molar-refractivity contribution < 1.29 is 9.00 Å². The summed E-state index contributed by atoms with van der Waals surface area (Å²) in [6.45, 7) is 5.09. The molecule has 1 aromatic rings. The Hall–Kier alpha value is -1.60. The van der Waals surface area contributed by atoms with Gasteiger partial charge in [0.05, 0.1) is 5.56 Å². The number of carbonyl (C=O) groups excluding carboxylic acids is 1. The molecule has 5 rings (SSSR count). The molecule has 2 bridgehead atoms. The molecule has 0 radical (unpaired) electrons. The van der Waals surface area contributed by atoms with E-state index in [1.54, 1.807) is 0 Å². The molecule has 1 amide bonds. The summed E-state index contributed by atoms with van der Waals surface area (Å²) in [6.07, 6.45) is 6.16. The van der Waals surface area contributed by atoms with Crippen molar-refractivity contribution in [2.75, 3.05) is 61.1 Å². The number of carbonyl (C=O) groups is 1. The fraction of sp³-hybridized carbons (Fsp3) is 0.667. The van der Waals surface area contributed by atoms with Crippen LogP contribution in [-0.2, 0) is 9.93 Å². The highest BCUT2D eigenvalue weighted by Crippen LogP contribution is 2.29. The molecule has 4 fully saturated rings. The Labute approximate surface area is 169 Å². The van der Waals surface area contributed by atoms with Gasteiger partial charge >= 0.3 is 0 Å². The lowest BCUT2D eigenvalue weighted by Gasteiger charge is -2.33. The number of hydrogen-bond donors (Lipinski definition) is 3. The highest BCUT2D eigenvalue weighted by Gasteiger charge is 2.29. The second kappa shape index (κ2) is 8.03. The summed E-state index contributed by atoms with van der Waals surface area (Å²) in [7, 11) is -1.91. The first kappa shape index (κ1) is 19.7. The van der Waals surface area contributed by atoms with Gasteiger partial charge in [-0.2, -0.15) is 0 Å². The van der Waals surface area contributed by atoms with Crippen LogP contribution in [0.1, 0.15) is 36.0 Å². The van der Waals surface area contributed by atoms with Gasteiger partial charge in [-0.3, -0.25) is 9.00 Å². The lowest BCUT2D eigenvalue weighted by molar-refractivity contribution is 0.0947. The first-order valence-electron chi connectivity index (χ1n) is 10.6. The number of piperidine rings is 1. The molecule has 3 N–H and O–H groups in total. The molecular formula is C21H34N4O2S. The van der Waals surface area contributed by atoms with Gasteiger partial charge in [-0.25, -0.2) is 0 Å². The molecule has 0 spiro atoms. The number of benzene rings is 1. The third-order valence-corrected chi connectivity index (χ3v) is 9.25. The van der Waals surface area contributed by atoms with Crippen molar-refractivity contribution in [3.8, 4) is 0 Å². The van der Waals surface area contributed by atoms with E-state index in [2.05, 4.69) is 21.2 Å². The van der Waals surface area contributed by atoms with Crippen LogP contribution in [0.2, 0.25) is 0 Å². The standard InChI is InChI=1S/C21H34N4O2S/c1-28(27)12-6-16(7-13-28)15-23-21(26)19-14-18(2-3-20(19)22)25-11-10-24-8-4-17(25)5-9-24/h2-3,14,16-17,28H,4-13,15,22H2,1H3,(H,23,26). The molecule has 0 aromatic heterocycles. The molecule has 7 heteroatoms. The number of nitrogens with one attached hydrogen (secondary N) is 1. The second-order valence-corrected chi connectivity index (χ2v) is 12.4. The van der Waals surface area contributed by atoms with Crippen LogP contribution >= 0.6 is 0 Å². The van der Waals surface area contributed by atoms with Crippen molar-refractivity contribution in [1.29, 1.82) is 0 Å². The highest BCUT2D eigenvalue weighted by atomic mass is 32.2. The molecule has 1 aromatic carbocycles. The van der Waals surface area contributed by atoms with Gasteiger partial charge < -0.3 is 20.9 Å². The van der Waals surface area contributed by atoms with E-state index in [0.717, 1.165) is 43.1 Å². The maximum Gasteiger partial charge on any atom is 0.253 e. The van der Waals surface area contributed by atoms with Crippen molar-refractivity contribution in [2.45, 2.75) is 31.7 Å². The molecule has 0 unspecified atom stereocenters. The van der Waals surface area contributed by atoms with E-state index in [1.807, 2.05) is 18.4 Å². The summed E-state index contributed by atoms with van der Waals surface area (Å²) < 4.78 is 12.1. The van der Waals surface area contributed by atoms with Crippen LogP contribution in [0, 0.1) is 5.92 Å². The number of nitrogen functional groups attached to an aromatic ring is 1. The van der Waals surface area contributed by atoms with Crippen LogP contribution in [0.25, 0.3) is 0 Å². The summed E-state index contributed by atoms with van der Waals surface area (Å²) in [5, 5.41) is 3.08. The van der Waals surface area contributed by atoms with E-state index in [0.29, 0.717) is 29.8 Å². The Morgan fingerprint density at radius 3 is 2.57 bits per heavy atom. The number of rotatable bonds is 4. The summed E-state index contributed by atoms with van der Waals surface area (Å²) in [6, 6.07) is 6.46. The Morgan fingerprint density at radius 2 is 1.86 bits per heavy atom. The van der Waals surface area contributed by atoms with Crippen LogP contribution in [0.4, 0.5) is 11.4 Å². The summed E-state index contributed by atoms with van der Waals surface area (Å²) in [5.74, 6) is 1.94. The number of anilines is 2. The molecule has 6 nitrogen and oxygen atoms in total. The number of thiol groups is 1. The molecular weight excluding hydrogens is 372 g/mol. The predicted molar refractivity (Wildman–Crippen MR) is 118 cm³/mol. The highest BCUT2D eigenvalue weighted by molar-refractivity contribution is 8.02. The fourth-order valence-corrected chi connectivity index (χ4v) is 6.90. The summed E-state index contributed by atoms with van der Waals surface area (Å²) >= 11 is 0. The smallest absolute Gasteiger partial charge is 0.253 e. The van der Waals surface area contributed by atoms with Gasteiger partial charge in [0.15, 0.2) is 0 Å². The van der Waals surface area contributed by atoms with Crippen LogP contribution in [-0.4, -0.2) is 71.5 Å². The van der Waals surface area contributed by atoms with E-state index >= 15 is 0 Å². The largest absolute Gasteiger partial charge is 0.398 e. The van der Waals surface area contributed by atoms with E-state index in [4.69, 9.17) is 5.73 Å². The number of hydrogen-bond acceptors (Lipinski definition) is 5. The monoisotopic (exact) mass is 406 g/mol. The summed E-state index contributed by atoms with van der Waals surface area (Å²) in [4.78, 5) is 17.8. The molecule has 0 aliphatic carbocycles. The molecule has 156 valence electrons. The molecule has 0 saturated carbocycles. The zero-order valence-corrected chi connectivity index (χ0v) is 17.8. The van der Waals surface area contributed by atoms with Crippen LogP contribution < -0.4 is 16.0 Å². The predicted octanol–water partition coefficient (Wildman–Crippen LogP) is 1.34. The number of nitrogens with two attached hydrogens (primary N) is 1. The van der Waals surface area contributed by atoms with Crippen LogP contribution in [0.3, 0.4) is 0 Å². The minimum absolute atomic E-state index is 0.0903. The normalized spacial score (nSPS) is 30.5. The van der Waals surface area contributed by atoms with Crippen molar-refractivity contribution in [2.24, 2.45) is 5.92 Å². The quantitative estimate of drug-likeness (QED) is 0.520. The van der Waals surface area contributed by atoms with Crippen molar-refractivity contribution in [1.82, 2.24) is 10.2 Å². The van der Waals surface area contributed by atoms with Crippen LogP contribution in [0.5, 0.6) is 0 Å². The average Bonchev–Trinajstić information content (AvgIpc) is 3.01. The molecule has 4 saturated heterocycles. The first-order valence-corrected chi connectivity index (χ1v) is 13.2. The Kier molecular flexibility index (Phi) is 5.65. The lowest BCUT2D eigenvalue weighted by atomic mass is 10.0. The van der Waals surface area contributed by atoms with Crippen molar-refractivity contribution in [3.05, 3.63) is 23.8 Å². The SMILES string of the molecule is C[SH]1(=O)CCC(CNC(=O)c2cc(N3CCN4CCC3CC4)ccc2N)CC1. The molecule has 4 heterocycles.